The number of rotatable bonds is 8. The molecule has 0 aliphatic heterocycles. The zero-order chi connectivity index (χ0) is 18.5. The summed E-state index contributed by atoms with van der Waals surface area (Å²) in [4.78, 5) is 12.2. The molecule has 140 valence electrons. The Kier molecular flexibility index (Phi) is 5.85. The summed E-state index contributed by atoms with van der Waals surface area (Å²) in [6, 6.07) is 6.83. The molecule has 0 unspecified atom stereocenters. The molecule has 0 saturated heterocycles. The van der Waals surface area contributed by atoms with Crippen LogP contribution in [0.25, 0.3) is 0 Å². The number of aromatic hydroxyl groups is 1. The molecule has 8 nitrogen and oxygen atoms in total. The van der Waals surface area contributed by atoms with E-state index in [-0.39, 0.29) is 36.6 Å². The topological polar surface area (TPSA) is 110 Å². The molecule has 1 aliphatic carbocycles. The highest BCUT2D eigenvalue weighted by atomic mass is 16.5. The highest BCUT2D eigenvalue weighted by Crippen LogP contribution is 2.36. The molecule has 0 spiro atoms. The number of carbonyl (C=O) groups excluding carboxylic acids is 1. The first kappa shape index (κ1) is 18.3. The number of aromatic nitrogens is 3. The van der Waals surface area contributed by atoms with Crippen LogP contribution in [0.5, 0.6) is 5.75 Å². The molecule has 2 aromatic rings. The molecule has 0 radical (unpaired) electrons. The Balaban J connectivity index is 1.52. The first-order chi connectivity index (χ1) is 12.6. The number of phenols is 1. The molecule has 1 amide bonds. The Bertz CT molecular complexity index is 755. The molecule has 8 heteroatoms. The lowest BCUT2D eigenvalue weighted by molar-refractivity contribution is -0.121. The summed E-state index contributed by atoms with van der Waals surface area (Å²) < 4.78 is 7.01. The highest BCUT2D eigenvalue weighted by Gasteiger charge is 2.35. The quantitative estimate of drug-likeness (QED) is 0.640. The highest BCUT2D eigenvalue weighted by molar-refractivity contribution is 5.79. The zero-order valence-corrected chi connectivity index (χ0v) is 14.8. The van der Waals surface area contributed by atoms with E-state index in [2.05, 4.69) is 15.5 Å². The van der Waals surface area contributed by atoms with Gasteiger partial charge < -0.3 is 24.8 Å². The van der Waals surface area contributed by atoms with Gasteiger partial charge in [0.15, 0.2) is 5.82 Å². The van der Waals surface area contributed by atoms with Crippen LogP contribution >= 0.6 is 0 Å². The summed E-state index contributed by atoms with van der Waals surface area (Å²) in [5.41, 5.74) is 0.783. The molecule has 3 rings (SSSR count). The van der Waals surface area contributed by atoms with Crippen LogP contribution in [0.15, 0.2) is 24.3 Å². The van der Waals surface area contributed by atoms with E-state index in [0.29, 0.717) is 19.0 Å². The second kappa shape index (κ2) is 8.29. The molecule has 1 aromatic heterocycles. The summed E-state index contributed by atoms with van der Waals surface area (Å²) in [7, 11) is 1.63. The second-order valence-electron chi connectivity index (χ2n) is 6.56. The van der Waals surface area contributed by atoms with Crippen LogP contribution in [0.3, 0.4) is 0 Å². The summed E-state index contributed by atoms with van der Waals surface area (Å²) in [6.45, 7) is 0.960. The van der Waals surface area contributed by atoms with Crippen LogP contribution in [-0.4, -0.2) is 50.6 Å². The average molecular weight is 360 g/mol. The third-order valence-electron chi connectivity index (χ3n) is 4.66. The molecule has 0 atom stereocenters. The number of hydrogen-bond donors (Lipinski definition) is 3. The van der Waals surface area contributed by atoms with Gasteiger partial charge in [-0.05, 0) is 30.5 Å². The van der Waals surface area contributed by atoms with Crippen molar-refractivity contribution in [1.82, 2.24) is 20.1 Å². The lowest BCUT2D eigenvalue weighted by Crippen LogP contribution is -2.44. The number of nitrogens with zero attached hydrogens (tertiary/aromatic N) is 3. The first-order valence-electron chi connectivity index (χ1n) is 8.69. The molecule has 1 aromatic carbocycles. The Morgan fingerprint density at radius 3 is 2.88 bits per heavy atom. The number of aliphatic hydroxyl groups is 1. The molecule has 1 heterocycles. The lowest BCUT2D eigenvalue weighted by atomic mass is 9.79. The Morgan fingerprint density at radius 2 is 2.19 bits per heavy atom. The molecule has 1 saturated carbocycles. The number of hydrogen-bond acceptors (Lipinski definition) is 6. The van der Waals surface area contributed by atoms with E-state index in [1.165, 1.54) is 0 Å². The van der Waals surface area contributed by atoms with Gasteiger partial charge in [-0.25, -0.2) is 0 Å². The molecule has 1 aliphatic rings. The number of methoxy groups -OCH3 is 1. The minimum absolute atomic E-state index is 0.0593. The van der Waals surface area contributed by atoms with Crippen molar-refractivity contribution in [3.05, 3.63) is 41.5 Å². The fourth-order valence-electron chi connectivity index (χ4n) is 3.27. The number of benzene rings is 1. The Labute approximate surface area is 151 Å². The van der Waals surface area contributed by atoms with Gasteiger partial charge in [0.25, 0.3) is 0 Å². The van der Waals surface area contributed by atoms with Crippen molar-refractivity contribution in [3.8, 4) is 5.75 Å². The van der Waals surface area contributed by atoms with Gasteiger partial charge in [-0.3, -0.25) is 4.79 Å². The van der Waals surface area contributed by atoms with Crippen molar-refractivity contribution in [2.75, 3.05) is 13.7 Å². The van der Waals surface area contributed by atoms with Crippen molar-refractivity contribution in [2.24, 2.45) is 0 Å². The molecule has 26 heavy (non-hydrogen) atoms. The summed E-state index contributed by atoms with van der Waals surface area (Å²) >= 11 is 0. The van der Waals surface area contributed by atoms with Gasteiger partial charge in [-0.1, -0.05) is 12.1 Å². The largest absolute Gasteiger partial charge is 0.508 e. The number of nitrogens with one attached hydrogen (secondary N) is 1. The van der Waals surface area contributed by atoms with E-state index in [1.807, 2.05) is 10.6 Å². The predicted octanol–water partition coefficient (Wildman–Crippen LogP) is 0.727. The molecule has 3 N–H and O–H groups in total. The number of phenolic OH excluding ortho intramolecular Hbond substituents is 1. The van der Waals surface area contributed by atoms with Crippen molar-refractivity contribution in [1.29, 1.82) is 0 Å². The second-order valence-corrected chi connectivity index (χ2v) is 6.56. The van der Waals surface area contributed by atoms with E-state index in [0.717, 1.165) is 24.2 Å². The monoisotopic (exact) mass is 360 g/mol. The van der Waals surface area contributed by atoms with Gasteiger partial charge in [-0.2, -0.15) is 0 Å². The number of ether oxygens (including phenoxy) is 1. The molecule has 1 fully saturated rings. The number of aliphatic hydroxyl groups excluding tert-OH is 1. The fourth-order valence-corrected chi connectivity index (χ4v) is 3.27. The van der Waals surface area contributed by atoms with E-state index in [1.54, 1.807) is 25.3 Å². The fraction of sp³-hybridized carbons (Fsp3) is 0.500. The van der Waals surface area contributed by atoms with Crippen LogP contribution in [0.1, 0.15) is 36.0 Å². The summed E-state index contributed by atoms with van der Waals surface area (Å²) in [5, 5.41) is 30.1. The third kappa shape index (κ3) is 4.20. The smallest absolute Gasteiger partial charge is 0.224 e. The van der Waals surface area contributed by atoms with Crippen molar-refractivity contribution in [3.63, 3.8) is 0 Å². The lowest BCUT2D eigenvalue weighted by Gasteiger charge is -2.35. The maximum atomic E-state index is 12.2. The Hall–Kier alpha value is -2.45. The van der Waals surface area contributed by atoms with Gasteiger partial charge in [-0.15, -0.1) is 10.2 Å². The van der Waals surface area contributed by atoms with Crippen molar-refractivity contribution in [2.45, 2.75) is 44.4 Å². The third-order valence-corrected chi connectivity index (χ3v) is 4.66. The molecular formula is C18H24N4O4. The van der Waals surface area contributed by atoms with Crippen LogP contribution < -0.4 is 5.32 Å². The predicted molar refractivity (Wildman–Crippen MR) is 93.5 cm³/mol. The van der Waals surface area contributed by atoms with Gasteiger partial charge >= 0.3 is 0 Å². The van der Waals surface area contributed by atoms with Crippen LogP contribution in [0.4, 0.5) is 0 Å². The van der Waals surface area contributed by atoms with Gasteiger partial charge in [0.05, 0.1) is 13.0 Å². The van der Waals surface area contributed by atoms with E-state index < -0.39 is 0 Å². The van der Waals surface area contributed by atoms with Crippen molar-refractivity contribution < 1.29 is 19.7 Å². The average Bonchev–Trinajstić information content (AvgIpc) is 2.98. The maximum absolute atomic E-state index is 12.2. The van der Waals surface area contributed by atoms with Crippen LogP contribution in [-0.2, 0) is 29.1 Å². The first-order valence-corrected chi connectivity index (χ1v) is 8.69. The van der Waals surface area contributed by atoms with Crippen molar-refractivity contribution >= 4 is 5.91 Å². The van der Waals surface area contributed by atoms with E-state index >= 15 is 0 Å². The SMILES string of the molecule is COCCn1c(CO)nnc1C1CC(NC(=O)Cc2cccc(O)c2)C1. The number of carbonyl (C=O) groups is 1. The van der Waals surface area contributed by atoms with Gasteiger partial charge in [0.1, 0.15) is 18.2 Å². The minimum Gasteiger partial charge on any atom is -0.508 e. The van der Waals surface area contributed by atoms with E-state index in [4.69, 9.17) is 4.74 Å². The van der Waals surface area contributed by atoms with E-state index in [9.17, 15) is 15.0 Å². The van der Waals surface area contributed by atoms with Gasteiger partial charge in [0, 0.05) is 25.6 Å². The normalized spacial score (nSPS) is 19.2. The van der Waals surface area contributed by atoms with Crippen LogP contribution in [0, 0.1) is 0 Å². The molecule has 0 bridgehead atoms. The van der Waals surface area contributed by atoms with Crippen LogP contribution in [0.2, 0.25) is 0 Å². The maximum Gasteiger partial charge on any atom is 0.224 e. The zero-order valence-electron chi connectivity index (χ0n) is 14.8. The standard InChI is InChI=1S/C18H24N4O4/c1-26-6-5-22-16(11-23)20-21-18(22)13-9-14(10-13)19-17(25)8-12-3-2-4-15(24)7-12/h2-4,7,13-14,23-24H,5-6,8-11H2,1H3,(H,19,25). The number of amides is 1. The Morgan fingerprint density at radius 1 is 1.38 bits per heavy atom. The minimum atomic E-state index is -0.159. The molecular weight excluding hydrogens is 336 g/mol. The summed E-state index contributed by atoms with van der Waals surface area (Å²) in [6.07, 6.45) is 1.83. The summed E-state index contributed by atoms with van der Waals surface area (Å²) in [5.74, 6) is 1.69. The van der Waals surface area contributed by atoms with Gasteiger partial charge in [0.2, 0.25) is 5.91 Å².